The van der Waals surface area contributed by atoms with Gasteiger partial charge in [0, 0.05) is 24.8 Å². The van der Waals surface area contributed by atoms with Gasteiger partial charge in [0.05, 0.1) is 5.97 Å². The second-order valence-electron chi connectivity index (χ2n) is 2.91. The zero-order chi connectivity index (χ0) is 15.1. The van der Waals surface area contributed by atoms with Crippen molar-refractivity contribution in [1.82, 2.24) is 0 Å². The Hall–Kier alpha value is 2.40. The molecule has 0 aliphatic rings. The van der Waals surface area contributed by atoms with Gasteiger partial charge >= 0.3 is 118 Å². The third-order valence-electron chi connectivity index (χ3n) is 1.25. The van der Waals surface area contributed by atoms with E-state index in [2.05, 4.69) is 0 Å². The molecule has 18 heteroatoms. The van der Waals surface area contributed by atoms with E-state index < -0.39 is 44.2 Å². The number of hydrogen-bond donors (Lipinski definition) is 3. The van der Waals surface area contributed by atoms with Crippen molar-refractivity contribution in [2.45, 2.75) is 18.4 Å². The van der Waals surface area contributed by atoms with Crippen molar-refractivity contribution in [1.29, 1.82) is 0 Å². The minimum absolute atomic E-state index is 0. The molecule has 0 fully saturated rings. The number of carbonyl (C=O) groups is 3. The van der Waals surface area contributed by atoms with Gasteiger partial charge in [0.2, 0.25) is 0 Å². The number of phosphoric acid groups is 1. The van der Waals surface area contributed by atoms with Crippen LogP contribution in [-0.4, -0.2) is 49.4 Å². The first kappa shape index (κ1) is 50.3. The van der Waals surface area contributed by atoms with Crippen LogP contribution in [0.15, 0.2) is 0 Å². The molecule has 0 aliphatic heterocycles. The Labute approximate surface area is 224 Å². The van der Waals surface area contributed by atoms with Gasteiger partial charge in [-0.15, -0.1) is 0 Å². The molecule has 7 N–H and O–H groups in total. The normalized spacial score (nSPS) is 8.33. The van der Waals surface area contributed by atoms with Crippen molar-refractivity contribution < 1.29 is 183 Å². The van der Waals surface area contributed by atoms with E-state index in [0.29, 0.717) is 0 Å². The third-order valence-corrected chi connectivity index (χ3v) is 1.25. The number of aliphatic hydroxyl groups is 1. The van der Waals surface area contributed by atoms with E-state index in [1.807, 2.05) is 0 Å². The summed E-state index contributed by atoms with van der Waals surface area (Å²) in [5, 5.41) is 38.9. The first-order valence-electron chi connectivity index (χ1n) is 3.88. The van der Waals surface area contributed by atoms with Crippen molar-refractivity contribution in [2.24, 2.45) is 0 Å². The number of aliphatic carboxylic acids is 3. The molecule has 0 saturated heterocycles. The van der Waals surface area contributed by atoms with Crippen LogP contribution < -0.4 is 138 Å². The summed E-state index contributed by atoms with van der Waals surface area (Å²) in [6, 6.07) is 0. The summed E-state index contributed by atoms with van der Waals surface area (Å²) < 4.78 is 8.77. The van der Waals surface area contributed by atoms with Crippen LogP contribution in [0.3, 0.4) is 0 Å². The molecule has 0 spiro atoms. The smallest absolute Gasteiger partial charge is 0.756 e. The van der Waals surface area contributed by atoms with Crippen LogP contribution in [0, 0.1) is 0 Å². The molecule has 24 heavy (non-hydrogen) atoms. The Bertz CT molecular complexity index is 360. The molecule has 13 nitrogen and oxygen atoms in total. The molecule has 0 amide bonds. The van der Waals surface area contributed by atoms with Crippen molar-refractivity contribution >= 4 is 25.7 Å². The molecule has 0 unspecified atom stereocenters. The number of hydrogen-bond acceptors (Lipinski definition) is 9. The second-order valence-corrected chi connectivity index (χ2v) is 3.89. The summed E-state index contributed by atoms with van der Waals surface area (Å²) >= 11 is 0. The molecule has 0 atom stereocenters. The fourth-order valence-electron chi connectivity index (χ4n) is 0.684. The largest absolute Gasteiger partial charge is 1.00 e. The summed E-state index contributed by atoms with van der Waals surface area (Å²) in [6.07, 6.45) is -2.72. The first-order valence-corrected chi connectivity index (χ1v) is 5.41. The van der Waals surface area contributed by atoms with Crippen LogP contribution >= 0.6 is 7.82 Å². The molecule has 0 heterocycles. The van der Waals surface area contributed by atoms with Crippen LogP contribution in [0.2, 0.25) is 0 Å². The van der Waals surface area contributed by atoms with E-state index in [1.165, 1.54) is 0 Å². The van der Waals surface area contributed by atoms with Crippen molar-refractivity contribution in [3.8, 4) is 0 Å². The van der Waals surface area contributed by atoms with Crippen LogP contribution in [0.5, 0.6) is 0 Å². The maximum Gasteiger partial charge on any atom is 1.00 e. The van der Waals surface area contributed by atoms with E-state index in [0.717, 1.165) is 0 Å². The van der Waals surface area contributed by atoms with Gasteiger partial charge in [0.1, 0.15) is 5.60 Å². The Morgan fingerprint density at radius 2 is 1.00 bits per heavy atom. The van der Waals surface area contributed by atoms with Crippen LogP contribution in [-0.2, 0) is 18.9 Å². The standard InChI is InChI=1S/C6H8O7.4Na.H3O4P.2H2O/c7-3(8)1-6(13,5(11)12)2-4(9)10;;;;;1-5(2,3)4;;/h13H,1-2H2,(H,7,8)(H,9,10)(H,11,12);;;;;(H3,1,2,3,4);2*1H2/q;4*+1;;;/p-4. The minimum Gasteiger partial charge on any atom is -0.756 e. The number of carboxylic acid groups (broad SMARTS) is 3. The van der Waals surface area contributed by atoms with Gasteiger partial charge < -0.3 is 60.4 Å². The summed E-state index contributed by atoms with van der Waals surface area (Å²) in [5.74, 6) is -5.98. The van der Waals surface area contributed by atoms with Gasteiger partial charge in [-0.1, -0.05) is 0 Å². The SMILES string of the molecule is O.O.O=C([O-])CC(O)(CC(=O)[O-])C(=O)[O-].O=P([O-])(O)O.[Na+].[Na+].[Na+].[Na+]. The van der Waals surface area contributed by atoms with Crippen LogP contribution in [0.25, 0.3) is 0 Å². The fraction of sp³-hybridized carbons (Fsp3) is 0.500. The number of carbonyl (C=O) groups excluding carboxylic acids is 3. The predicted octanol–water partition coefficient (Wildman–Crippen LogP) is -20.4. The predicted molar refractivity (Wildman–Crippen MR) is 48.5 cm³/mol. The van der Waals surface area contributed by atoms with Crippen molar-refractivity contribution in [3.05, 3.63) is 0 Å². The summed E-state index contributed by atoms with van der Waals surface area (Å²) in [5.41, 5.74) is -2.97. The van der Waals surface area contributed by atoms with Gasteiger partial charge in [-0.2, -0.15) is 0 Å². The molecule has 0 saturated carbocycles. The monoisotopic (exact) mass is 414 g/mol. The molecule has 0 aromatic carbocycles. The van der Waals surface area contributed by atoms with E-state index >= 15 is 0 Å². The Kier molecular flexibility index (Phi) is 49.1. The average molecular weight is 414 g/mol. The van der Waals surface area contributed by atoms with Crippen LogP contribution in [0.4, 0.5) is 0 Å². The molecule has 0 aromatic heterocycles. The van der Waals surface area contributed by atoms with Gasteiger partial charge in [-0.25, -0.2) is 0 Å². The molecule has 0 aromatic rings. The van der Waals surface area contributed by atoms with Crippen molar-refractivity contribution in [3.63, 3.8) is 0 Å². The zero-order valence-corrected chi connectivity index (χ0v) is 22.4. The Morgan fingerprint density at radius 1 is 0.833 bits per heavy atom. The van der Waals surface area contributed by atoms with E-state index in [4.69, 9.17) is 24.4 Å². The molecule has 0 radical (unpaired) electrons. The van der Waals surface area contributed by atoms with Crippen LogP contribution in [0.1, 0.15) is 12.8 Å². The van der Waals surface area contributed by atoms with E-state index in [1.54, 1.807) is 0 Å². The molecular formula is C6H11Na4O13P. The van der Waals surface area contributed by atoms with E-state index in [9.17, 15) is 29.7 Å². The maximum absolute atomic E-state index is 10.1. The molecule has 0 aliphatic carbocycles. The molecule has 122 valence electrons. The Balaban J connectivity index is -0.0000000347. The zero-order valence-electron chi connectivity index (χ0n) is 13.5. The summed E-state index contributed by atoms with van der Waals surface area (Å²) in [7, 11) is -4.89. The topological polar surface area (TPSA) is 284 Å². The second kappa shape index (κ2) is 23.4. The third kappa shape index (κ3) is 39.5. The average Bonchev–Trinajstić information content (AvgIpc) is 1.95. The first-order chi connectivity index (χ1) is 7.78. The molecule has 0 bridgehead atoms. The van der Waals surface area contributed by atoms with Gasteiger partial charge in [0.15, 0.2) is 0 Å². The maximum atomic E-state index is 10.1. The number of rotatable bonds is 5. The van der Waals surface area contributed by atoms with Crippen molar-refractivity contribution in [2.75, 3.05) is 0 Å². The molecule has 0 rings (SSSR count). The minimum atomic E-state index is -4.89. The quantitative estimate of drug-likeness (QED) is 0.280. The van der Waals surface area contributed by atoms with Gasteiger partial charge in [-0.05, 0) is 0 Å². The van der Waals surface area contributed by atoms with Gasteiger partial charge in [0.25, 0.3) is 7.82 Å². The number of carboxylic acids is 3. The van der Waals surface area contributed by atoms with Gasteiger partial charge in [-0.3, -0.25) is 4.57 Å². The molecular weight excluding hydrogens is 403 g/mol. The summed E-state index contributed by atoms with van der Waals surface area (Å²) in [6.45, 7) is 0. The summed E-state index contributed by atoms with van der Waals surface area (Å²) in [4.78, 5) is 52.9. The fourth-order valence-corrected chi connectivity index (χ4v) is 0.684. The Morgan fingerprint density at radius 3 is 1.08 bits per heavy atom. The van der Waals surface area contributed by atoms with E-state index in [-0.39, 0.29) is 129 Å².